The molecular formula is C18H20FNO2. The molecule has 1 amide bonds. The van der Waals surface area contributed by atoms with Crippen molar-refractivity contribution < 1.29 is 13.9 Å². The Morgan fingerprint density at radius 2 is 1.73 bits per heavy atom. The highest BCUT2D eigenvalue weighted by atomic mass is 19.1. The molecule has 22 heavy (non-hydrogen) atoms. The molecule has 2 aromatic rings. The number of hydrogen-bond donors (Lipinski definition) is 1. The Bertz CT molecular complexity index is 632. The third-order valence-electron chi connectivity index (χ3n) is 3.26. The summed E-state index contributed by atoms with van der Waals surface area (Å²) in [6, 6.07) is 11.9. The fourth-order valence-corrected chi connectivity index (χ4v) is 2.19. The van der Waals surface area contributed by atoms with E-state index < -0.39 is 6.10 Å². The van der Waals surface area contributed by atoms with Crippen molar-refractivity contribution in [3.63, 3.8) is 0 Å². The van der Waals surface area contributed by atoms with Crippen molar-refractivity contribution in [1.82, 2.24) is 5.32 Å². The van der Waals surface area contributed by atoms with Crippen LogP contribution in [-0.2, 0) is 11.3 Å². The molecule has 0 unspecified atom stereocenters. The van der Waals surface area contributed by atoms with E-state index in [1.54, 1.807) is 19.1 Å². The molecule has 0 heterocycles. The first kappa shape index (κ1) is 16.0. The fraction of sp³-hybridized carbons (Fsp3) is 0.278. The second-order valence-electron chi connectivity index (χ2n) is 5.43. The van der Waals surface area contributed by atoms with Gasteiger partial charge in [-0.05, 0) is 61.7 Å². The molecule has 0 aliphatic heterocycles. The van der Waals surface area contributed by atoms with Crippen LogP contribution in [0.2, 0.25) is 0 Å². The number of carbonyl (C=O) groups excluding carboxylic acids is 1. The molecule has 0 saturated heterocycles. The van der Waals surface area contributed by atoms with Gasteiger partial charge in [-0.15, -0.1) is 0 Å². The van der Waals surface area contributed by atoms with Crippen LogP contribution in [-0.4, -0.2) is 12.0 Å². The van der Waals surface area contributed by atoms with Crippen molar-refractivity contribution >= 4 is 5.91 Å². The molecular weight excluding hydrogens is 281 g/mol. The first-order valence-electron chi connectivity index (χ1n) is 7.21. The van der Waals surface area contributed by atoms with E-state index in [0.29, 0.717) is 12.3 Å². The van der Waals surface area contributed by atoms with Crippen LogP contribution >= 0.6 is 0 Å². The molecule has 2 rings (SSSR count). The Kier molecular flexibility index (Phi) is 5.15. The van der Waals surface area contributed by atoms with Gasteiger partial charge in [0.15, 0.2) is 6.10 Å². The minimum Gasteiger partial charge on any atom is -0.481 e. The lowest BCUT2D eigenvalue weighted by Gasteiger charge is -2.15. The molecule has 2 aromatic carbocycles. The summed E-state index contributed by atoms with van der Waals surface area (Å²) in [7, 11) is 0. The maximum atomic E-state index is 12.8. The van der Waals surface area contributed by atoms with Crippen LogP contribution in [0.1, 0.15) is 23.6 Å². The molecule has 0 saturated carbocycles. The Hall–Kier alpha value is -2.36. The summed E-state index contributed by atoms with van der Waals surface area (Å²) in [5.41, 5.74) is 3.02. The normalized spacial score (nSPS) is 11.8. The first-order chi connectivity index (χ1) is 10.4. The molecule has 1 N–H and O–H groups in total. The summed E-state index contributed by atoms with van der Waals surface area (Å²) in [6.45, 7) is 6.02. The Balaban J connectivity index is 1.90. The highest BCUT2D eigenvalue weighted by Gasteiger charge is 2.14. The number of amides is 1. The van der Waals surface area contributed by atoms with Gasteiger partial charge >= 0.3 is 0 Å². The number of ether oxygens (including phenoxy) is 1. The zero-order valence-electron chi connectivity index (χ0n) is 13.0. The van der Waals surface area contributed by atoms with Gasteiger partial charge in [0, 0.05) is 6.54 Å². The number of nitrogens with one attached hydrogen (secondary N) is 1. The van der Waals surface area contributed by atoms with Gasteiger partial charge in [0.2, 0.25) is 0 Å². The van der Waals surface area contributed by atoms with Crippen LogP contribution in [0.25, 0.3) is 0 Å². The largest absolute Gasteiger partial charge is 0.481 e. The summed E-state index contributed by atoms with van der Waals surface area (Å²) < 4.78 is 18.5. The van der Waals surface area contributed by atoms with Gasteiger partial charge < -0.3 is 10.1 Å². The maximum Gasteiger partial charge on any atom is 0.261 e. The smallest absolute Gasteiger partial charge is 0.261 e. The zero-order chi connectivity index (χ0) is 16.1. The van der Waals surface area contributed by atoms with Crippen molar-refractivity contribution in [1.29, 1.82) is 0 Å². The number of rotatable bonds is 5. The average molecular weight is 301 g/mol. The lowest BCUT2D eigenvalue weighted by molar-refractivity contribution is -0.127. The molecule has 0 radical (unpaired) electrons. The standard InChI is InChI=1S/C18H20FNO2/c1-12-8-13(2)10-17(9-12)22-14(3)18(21)20-11-15-4-6-16(19)7-5-15/h4-10,14H,11H2,1-3H3,(H,20,21)/t14-/m1/s1. The summed E-state index contributed by atoms with van der Waals surface area (Å²) >= 11 is 0. The van der Waals surface area contributed by atoms with Gasteiger partial charge in [-0.1, -0.05) is 18.2 Å². The number of aryl methyl sites for hydroxylation is 2. The zero-order valence-corrected chi connectivity index (χ0v) is 13.0. The van der Waals surface area contributed by atoms with Crippen molar-refractivity contribution in [3.8, 4) is 5.75 Å². The molecule has 0 aliphatic carbocycles. The second-order valence-corrected chi connectivity index (χ2v) is 5.43. The summed E-state index contributed by atoms with van der Waals surface area (Å²) in [6.07, 6.45) is -0.596. The van der Waals surface area contributed by atoms with E-state index in [4.69, 9.17) is 4.74 Å². The van der Waals surface area contributed by atoms with Gasteiger partial charge in [-0.2, -0.15) is 0 Å². The fourth-order valence-electron chi connectivity index (χ4n) is 2.19. The Labute approximate surface area is 130 Å². The molecule has 3 nitrogen and oxygen atoms in total. The SMILES string of the molecule is Cc1cc(C)cc(O[C@H](C)C(=O)NCc2ccc(F)cc2)c1. The number of halogens is 1. The molecule has 0 fully saturated rings. The van der Waals surface area contributed by atoms with Crippen molar-refractivity contribution in [2.45, 2.75) is 33.4 Å². The maximum absolute atomic E-state index is 12.8. The van der Waals surface area contributed by atoms with E-state index in [1.165, 1.54) is 12.1 Å². The monoisotopic (exact) mass is 301 g/mol. The number of carbonyl (C=O) groups is 1. The lowest BCUT2D eigenvalue weighted by atomic mass is 10.1. The van der Waals surface area contributed by atoms with E-state index in [-0.39, 0.29) is 11.7 Å². The van der Waals surface area contributed by atoms with Crippen LogP contribution in [0.15, 0.2) is 42.5 Å². The molecule has 0 spiro atoms. The van der Waals surface area contributed by atoms with Crippen LogP contribution in [0.5, 0.6) is 5.75 Å². The summed E-state index contributed by atoms with van der Waals surface area (Å²) in [5.74, 6) is 0.187. The van der Waals surface area contributed by atoms with Crippen LogP contribution in [0.4, 0.5) is 4.39 Å². The van der Waals surface area contributed by atoms with Crippen LogP contribution in [0.3, 0.4) is 0 Å². The predicted molar refractivity (Wildman–Crippen MR) is 84.3 cm³/mol. The van der Waals surface area contributed by atoms with Gasteiger partial charge in [0.1, 0.15) is 11.6 Å². The third kappa shape index (κ3) is 4.58. The van der Waals surface area contributed by atoms with Gasteiger partial charge in [-0.25, -0.2) is 4.39 Å². The van der Waals surface area contributed by atoms with E-state index in [9.17, 15) is 9.18 Å². The third-order valence-corrected chi connectivity index (χ3v) is 3.26. The Morgan fingerprint density at radius 1 is 1.14 bits per heavy atom. The molecule has 116 valence electrons. The molecule has 0 bridgehead atoms. The summed E-state index contributed by atoms with van der Waals surface area (Å²) in [4.78, 5) is 12.0. The van der Waals surface area contributed by atoms with E-state index in [0.717, 1.165) is 16.7 Å². The molecule has 1 atom stereocenters. The van der Waals surface area contributed by atoms with Gasteiger partial charge in [0.25, 0.3) is 5.91 Å². The van der Waals surface area contributed by atoms with E-state index in [1.807, 2.05) is 32.0 Å². The number of hydrogen-bond acceptors (Lipinski definition) is 2. The minimum atomic E-state index is -0.596. The molecule has 4 heteroatoms. The lowest BCUT2D eigenvalue weighted by Crippen LogP contribution is -2.35. The van der Waals surface area contributed by atoms with Crippen LogP contribution < -0.4 is 10.1 Å². The van der Waals surface area contributed by atoms with Crippen molar-refractivity contribution in [3.05, 3.63) is 65.0 Å². The Morgan fingerprint density at radius 3 is 2.32 bits per heavy atom. The van der Waals surface area contributed by atoms with E-state index >= 15 is 0 Å². The van der Waals surface area contributed by atoms with Gasteiger partial charge in [0.05, 0.1) is 0 Å². The van der Waals surface area contributed by atoms with Crippen LogP contribution in [0, 0.1) is 19.7 Å². The van der Waals surface area contributed by atoms with Crippen molar-refractivity contribution in [2.24, 2.45) is 0 Å². The highest BCUT2D eigenvalue weighted by Crippen LogP contribution is 2.17. The minimum absolute atomic E-state index is 0.205. The topological polar surface area (TPSA) is 38.3 Å². The van der Waals surface area contributed by atoms with E-state index in [2.05, 4.69) is 5.32 Å². The second kappa shape index (κ2) is 7.07. The summed E-state index contributed by atoms with van der Waals surface area (Å²) in [5, 5.41) is 2.78. The first-order valence-corrected chi connectivity index (χ1v) is 7.21. The average Bonchev–Trinajstić information content (AvgIpc) is 2.45. The quantitative estimate of drug-likeness (QED) is 0.917. The van der Waals surface area contributed by atoms with Crippen molar-refractivity contribution in [2.75, 3.05) is 0 Å². The highest BCUT2D eigenvalue weighted by molar-refractivity contribution is 5.80. The predicted octanol–water partition coefficient (Wildman–Crippen LogP) is 3.53. The number of benzene rings is 2. The van der Waals surface area contributed by atoms with Gasteiger partial charge in [-0.3, -0.25) is 4.79 Å². The molecule has 0 aliphatic rings. The molecule has 0 aromatic heterocycles.